The first kappa shape index (κ1) is 20.4. The van der Waals surface area contributed by atoms with Crippen molar-refractivity contribution in [2.75, 3.05) is 25.4 Å². The first-order valence-corrected chi connectivity index (χ1v) is 9.12. The number of aliphatic hydroxyl groups excluding tert-OH is 1. The molecule has 1 aliphatic heterocycles. The SMILES string of the molecule is CCCn1c(N)c(C(=O)CN2CCC(C(C)(C)C)C(O)C2)c(=O)[nH]c1=O. The molecule has 2 atom stereocenters. The van der Waals surface area contributed by atoms with Crippen LogP contribution in [0.4, 0.5) is 5.82 Å². The lowest BCUT2D eigenvalue weighted by Crippen LogP contribution is -2.49. The molecule has 8 heteroatoms. The molecule has 26 heavy (non-hydrogen) atoms. The van der Waals surface area contributed by atoms with Crippen molar-refractivity contribution in [2.45, 2.75) is 53.2 Å². The fourth-order valence-corrected chi connectivity index (χ4v) is 3.74. The monoisotopic (exact) mass is 366 g/mol. The Morgan fingerprint density at radius 3 is 2.54 bits per heavy atom. The Labute approximate surface area is 153 Å². The van der Waals surface area contributed by atoms with Crippen molar-refractivity contribution in [1.82, 2.24) is 14.5 Å². The number of rotatable bonds is 5. The van der Waals surface area contributed by atoms with E-state index in [1.54, 1.807) is 0 Å². The van der Waals surface area contributed by atoms with Gasteiger partial charge in [0.15, 0.2) is 5.78 Å². The molecule has 1 fully saturated rings. The molecule has 1 saturated heterocycles. The van der Waals surface area contributed by atoms with E-state index in [4.69, 9.17) is 5.73 Å². The molecule has 0 amide bonds. The van der Waals surface area contributed by atoms with Crippen molar-refractivity contribution in [2.24, 2.45) is 11.3 Å². The van der Waals surface area contributed by atoms with E-state index in [9.17, 15) is 19.5 Å². The molecule has 0 aromatic carbocycles. The summed E-state index contributed by atoms with van der Waals surface area (Å²) in [5, 5.41) is 10.4. The zero-order chi connectivity index (χ0) is 19.6. The van der Waals surface area contributed by atoms with Gasteiger partial charge in [-0.2, -0.15) is 0 Å². The summed E-state index contributed by atoms with van der Waals surface area (Å²) in [4.78, 5) is 40.6. The van der Waals surface area contributed by atoms with E-state index in [2.05, 4.69) is 25.8 Å². The molecule has 0 aliphatic carbocycles. The third-order valence-electron chi connectivity index (χ3n) is 5.11. The number of H-pyrrole nitrogens is 1. The van der Waals surface area contributed by atoms with Crippen LogP contribution in [-0.4, -0.2) is 51.1 Å². The fourth-order valence-electron chi connectivity index (χ4n) is 3.74. The third kappa shape index (κ3) is 4.24. The number of aromatic nitrogens is 2. The van der Waals surface area contributed by atoms with Crippen molar-refractivity contribution in [1.29, 1.82) is 0 Å². The number of Topliss-reactive ketones (excluding diaryl/α,β-unsaturated/α-hetero) is 1. The minimum Gasteiger partial charge on any atom is -0.391 e. The predicted octanol–water partition coefficient (Wildman–Crippen LogP) is 0.440. The summed E-state index contributed by atoms with van der Waals surface area (Å²) in [6, 6.07) is 0. The van der Waals surface area contributed by atoms with Gasteiger partial charge in [-0.15, -0.1) is 0 Å². The summed E-state index contributed by atoms with van der Waals surface area (Å²) in [6.07, 6.45) is 0.899. The number of aliphatic hydroxyl groups is 1. The van der Waals surface area contributed by atoms with Gasteiger partial charge in [0.1, 0.15) is 11.4 Å². The van der Waals surface area contributed by atoms with E-state index < -0.39 is 23.1 Å². The average Bonchev–Trinajstić information content (AvgIpc) is 2.49. The highest BCUT2D eigenvalue weighted by Crippen LogP contribution is 2.34. The molecule has 1 aromatic rings. The van der Waals surface area contributed by atoms with Gasteiger partial charge in [0.25, 0.3) is 5.56 Å². The molecule has 4 N–H and O–H groups in total. The largest absolute Gasteiger partial charge is 0.391 e. The Bertz CT molecular complexity index is 775. The molecule has 0 radical (unpaired) electrons. The Morgan fingerprint density at radius 2 is 2.00 bits per heavy atom. The molecule has 0 bridgehead atoms. The van der Waals surface area contributed by atoms with Crippen molar-refractivity contribution < 1.29 is 9.90 Å². The number of aromatic amines is 1. The van der Waals surface area contributed by atoms with Crippen molar-refractivity contribution in [3.63, 3.8) is 0 Å². The molecule has 0 spiro atoms. The molecular formula is C18H30N4O4. The van der Waals surface area contributed by atoms with Gasteiger partial charge in [0, 0.05) is 13.1 Å². The normalized spacial score (nSPS) is 21.7. The highest BCUT2D eigenvalue weighted by atomic mass is 16.3. The lowest BCUT2D eigenvalue weighted by Gasteiger charge is -2.42. The number of carbonyl (C=O) groups is 1. The standard InChI is InChI=1S/C18H30N4O4/c1-5-7-22-15(19)14(16(25)20-17(22)26)13(24)10-21-8-6-11(12(23)9-21)18(2,3)4/h11-12,23H,5-10,19H2,1-4H3,(H,20,25,26). The summed E-state index contributed by atoms with van der Waals surface area (Å²) in [6.45, 7) is 9.52. The molecule has 1 aliphatic rings. The molecule has 1 aromatic heterocycles. The lowest BCUT2D eigenvalue weighted by molar-refractivity contribution is -0.0220. The molecular weight excluding hydrogens is 336 g/mol. The Kier molecular flexibility index (Phi) is 6.08. The van der Waals surface area contributed by atoms with E-state index in [1.165, 1.54) is 4.57 Å². The van der Waals surface area contributed by atoms with Crippen LogP contribution in [0.3, 0.4) is 0 Å². The van der Waals surface area contributed by atoms with Gasteiger partial charge in [0.2, 0.25) is 0 Å². The highest BCUT2D eigenvalue weighted by molar-refractivity contribution is 6.01. The number of hydrogen-bond donors (Lipinski definition) is 3. The van der Waals surface area contributed by atoms with E-state index >= 15 is 0 Å². The van der Waals surface area contributed by atoms with Crippen LogP contribution in [-0.2, 0) is 6.54 Å². The van der Waals surface area contributed by atoms with Gasteiger partial charge in [-0.1, -0.05) is 27.7 Å². The maximum atomic E-state index is 12.7. The first-order valence-electron chi connectivity index (χ1n) is 9.12. The fraction of sp³-hybridized carbons (Fsp3) is 0.722. The summed E-state index contributed by atoms with van der Waals surface area (Å²) >= 11 is 0. The van der Waals surface area contributed by atoms with Crippen LogP contribution >= 0.6 is 0 Å². The molecule has 2 heterocycles. The van der Waals surface area contributed by atoms with Crippen LogP contribution in [0.2, 0.25) is 0 Å². The van der Waals surface area contributed by atoms with Crippen LogP contribution in [0.5, 0.6) is 0 Å². The third-order valence-corrected chi connectivity index (χ3v) is 5.11. The number of piperidine rings is 1. The number of β-amino-alcohol motifs (C(OH)–C–C–N with tert-alkyl or cyclic N) is 1. The van der Waals surface area contributed by atoms with Gasteiger partial charge in [-0.3, -0.25) is 24.0 Å². The Hall–Kier alpha value is -1.93. The summed E-state index contributed by atoms with van der Waals surface area (Å²) in [5.41, 5.74) is 4.40. The van der Waals surface area contributed by atoms with E-state index in [0.717, 1.165) is 6.42 Å². The Morgan fingerprint density at radius 1 is 1.35 bits per heavy atom. The minimum atomic E-state index is -0.755. The maximum Gasteiger partial charge on any atom is 0.329 e. The number of nitrogen functional groups attached to an aromatic ring is 1. The van der Waals surface area contributed by atoms with E-state index in [0.29, 0.717) is 26.1 Å². The number of nitrogens with one attached hydrogen (secondary N) is 1. The number of anilines is 1. The van der Waals surface area contributed by atoms with E-state index in [1.807, 2.05) is 11.8 Å². The highest BCUT2D eigenvalue weighted by Gasteiger charge is 2.36. The Balaban J connectivity index is 2.18. The summed E-state index contributed by atoms with van der Waals surface area (Å²) in [5.74, 6) is -0.362. The van der Waals surface area contributed by atoms with Crippen LogP contribution in [0.25, 0.3) is 0 Å². The van der Waals surface area contributed by atoms with Crippen LogP contribution in [0, 0.1) is 11.3 Å². The number of likely N-dealkylation sites (tertiary alicyclic amines) is 1. The first-order chi connectivity index (χ1) is 12.1. The number of nitrogens with zero attached hydrogens (tertiary/aromatic N) is 2. The number of ketones is 1. The van der Waals surface area contributed by atoms with Crippen LogP contribution in [0.15, 0.2) is 9.59 Å². The van der Waals surface area contributed by atoms with Gasteiger partial charge in [-0.25, -0.2) is 4.79 Å². The molecule has 146 valence electrons. The topological polar surface area (TPSA) is 121 Å². The number of hydrogen-bond acceptors (Lipinski definition) is 6. The van der Waals surface area contributed by atoms with Crippen LogP contribution in [0.1, 0.15) is 50.9 Å². The quantitative estimate of drug-likeness (QED) is 0.650. The second kappa shape index (κ2) is 7.75. The van der Waals surface area contributed by atoms with Crippen LogP contribution < -0.4 is 17.0 Å². The second-order valence-electron chi connectivity index (χ2n) is 8.16. The molecule has 2 rings (SSSR count). The minimum absolute atomic E-state index is 0.00720. The molecule has 0 saturated carbocycles. The number of nitrogens with two attached hydrogens (primary N) is 1. The number of carbonyl (C=O) groups excluding carboxylic acids is 1. The van der Waals surface area contributed by atoms with Gasteiger partial charge >= 0.3 is 5.69 Å². The summed E-state index contributed by atoms with van der Waals surface area (Å²) in [7, 11) is 0. The van der Waals surface area contributed by atoms with Gasteiger partial charge < -0.3 is 10.8 Å². The van der Waals surface area contributed by atoms with Gasteiger partial charge in [-0.05, 0) is 30.7 Å². The molecule has 2 unspecified atom stereocenters. The second-order valence-corrected chi connectivity index (χ2v) is 8.16. The van der Waals surface area contributed by atoms with E-state index in [-0.39, 0.29) is 29.3 Å². The van der Waals surface area contributed by atoms with Crippen molar-refractivity contribution in [3.8, 4) is 0 Å². The molecule has 8 nitrogen and oxygen atoms in total. The lowest BCUT2D eigenvalue weighted by atomic mass is 9.73. The van der Waals surface area contributed by atoms with Gasteiger partial charge in [0.05, 0.1) is 12.6 Å². The van der Waals surface area contributed by atoms with Crippen molar-refractivity contribution in [3.05, 3.63) is 26.4 Å². The van der Waals surface area contributed by atoms with Crippen molar-refractivity contribution >= 4 is 11.6 Å². The summed E-state index contributed by atoms with van der Waals surface area (Å²) < 4.78 is 1.22. The predicted molar refractivity (Wildman–Crippen MR) is 100 cm³/mol. The zero-order valence-corrected chi connectivity index (χ0v) is 16.0. The average molecular weight is 366 g/mol. The zero-order valence-electron chi connectivity index (χ0n) is 16.0. The smallest absolute Gasteiger partial charge is 0.329 e. The maximum absolute atomic E-state index is 12.7.